The summed E-state index contributed by atoms with van der Waals surface area (Å²) in [6.45, 7) is 0. The molecule has 0 amide bonds. The number of hydrogen-bond acceptors (Lipinski definition) is 2. The fourth-order valence-electron chi connectivity index (χ4n) is 0.682. The molecular weight excluding hydrogens is 124 g/mol. The summed E-state index contributed by atoms with van der Waals surface area (Å²) >= 11 is 0. The Kier molecular flexibility index (Phi) is 1.62. The molecule has 0 atom stereocenters. The maximum Gasteiger partial charge on any atom is 0.116 e. The molecule has 0 aliphatic heterocycles. The number of benzene rings is 1. The van der Waals surface area contributed by atoms with Crippen molar-refractivity contribution < 1.29 is 5.11 Å². The number of aromatic hydroxyl groups is 1. The lowest BCUT2D eigenvalue weighted by molar-refractivity contribution is 0.476. The molecule has 0 unspecified atom stereocenters. The lowest BCUT2D eigenvalue weighted by atomic mass is 9.84. The first-order chi connectivity index (χ1) is 4.61. The highest BCUT2D eigenvalue weighted by molar-refractivity contribution is 6.43. The van der Waals surface area contributed by atoms with Crippen molar-refractivity contribution in [2.24, 2.45) is 0 Å². The zero-order valence-electron chi connectivity index (χ0n) is 5.33. The molecule has 0 aromatic heterocycles. The zero-order valence-corrected chi connectivity index (χ0v) is 5.33. The molecule has 0 heterocycles. The molecule has 0 saturated heterocycles. The first-order valence-electron chi connectivity index (χ1n) is 2.74. The minimum Gasteiger partial charge on any atom is -0.508 e. The van der Waals surface area contributed by atoms with E-state index in [1.165, 1.54) is 12.1 Å². The number of hydrogen-bond donors (Lipinski definition) is 2. The summed E-state index contributed by atoms with van der Waals surface area (Å²) in [6.07, 6.45) is 0. The minimum absolute atomic E-state index is 0.0317. The topological polar surface area (TPSA) is 46.2 Å². The van der Waals surface area contributed by atoms with Crippen molar-refractivity contribution in [3.63, 3.8) is 0 Å². The van der Waals surface area contributed by atoms with Gasteiger partial charge in [-0.15, -0.1) is 0 Å². The van der Waals surface area contributed by atoms with E-state index in [0.29, 0.717) is 16.6 Å². The monoisotopic (exact) mass is 129 g/mol. The van der Waals surface area contributed by atoms with E-state index in [1.54, 1.807) is 0 Å². The van der Waals surface area contributed by atoms with Crippen molar-refractivity contribution in [3.8, 4) is 5.75 Å². The number of phenols is 1. The SMILES string of the molecule is [B]c1cc(O)cc([B])c1N. The summed E-state index contributed by atoms with van der Waals surface area (Å²) < 4.78 is 0. The Balaban J connectivity index is 3.31. The predicted octanol–water partition coefficient (Wildman–Crippen LogP) is -1.44. The van der Waals surface area contributed by atoms with Crippen LogP contribution in [0.1, 0.15) is 0 Å². The normalized spacial score (nSPS) is 9.60. The van der Waals surface area contributed by atoms with E-state index in [1.807, 2.05) is 0 Å². The van der Waals surface area contributed by atoms with Gasteiger partial charge in [-0.1, -0.05) is 10.9 Å². The molecule has 0 bridgehead atoms. The van der Waals surface area contributed by atoms with Crippen LogP contribution < -0.4 is 16.7 Å². The van der Waals surface area contributed by atoms with E-state index in [4.69, 9.17) is 26.5 Å². The number of nitrogen functional groups attached to an aromatic ring is 1. The van der Waals surface area contributed by atoms with Crippen molar-refractivity contribution in [1.82, 2.24) is 0 Å². The molecule has 10 heavy (non-hydrogen) atoms. The molecule has 4 heteroatoms. The molecule has 0 fully saturated rings. The lowest BCUT2D eigenvalue weighted by Crippen LogP contribution is -2.20. The average molecular weight is 129 g/mol. The Morgan fingerprint density at radius 3 is 2.00 bits per heavy atom. The van der Waals surface area contributed by atoms with E-state index in [2.05, 4.69) is 0 Å². The Bertz CT molecular complexity index is 239. The predicted molar refractivity (Wildman–Crippen MR) is 43.3 cm³/mol. The van der Waals surface area contributed by atoms with Crippen molar-refractivity contribution >= 4 is 32.3 Å². The van der Waals surface area contributed by atoms with Gasteiger partial charge in [-0.2, -0.15) is 0 Å². The summed E-state index contributed by atoms with van der Waals surface area (Å²) in [5.41, 5.74) is 6.31. The summed E-state index contributed by atoms with van der Waals surface area (Å²) in [5.74, 6) is 0.0317. The molecule has 4 radical (unpaired) electrons. The summed E-state index contributed by atoms with van der Waals surface area (Å²) in [5, 5.41) is 8.90. The van der Waals surface area contributed by atoms with E-state index in [0.717, 1.165) is 0 Å². The van der Waals surface area contributed by atoms with Gasteiger partial charge in [0.15, 0.2) is 0 Å². The van der Waals surface area contributed by atoms with Crippen molar-refractivity contribution in [2.45, 2.75) is 0 Å². The minimum atomic E-state index is 0.0317. The number of rotatable bonds is 0. The zero-order chi connectivity index (χ0) is 7.72. The van der Waals surface area contributed by atoms with Crippen molar-refractivity contribution in [2.75, 3.05) is 5.73 Å². The standard InChI is InChI=1S/C6H5B2NO/c7-4-1-3(10)2-5(8)6(4)9/h1-2,10H,9H2. The highest BCUT2D eigenvalue weighted by Gasteiger charge is 1.97. The number of anilines is 1. The van der Waals surface area contributed by atoms with Gasteiger partial charge in [-0.25, -0.2) is 0 Å². The number of phenolic OH excluding ortho intramolecular Hbond substituents is 1. The third kappa shape index (κ3) is 1.10. The van der Waals surface area contributed by atoms with E-state index >= 15 is 0 Å². The van der Waals surface area contributed by atoms with E-state index in [-0.39, 0.29) is 5.75 Å². The van der Waals surface area contributed by atoms with Gasteiger partial charge in [0.2, 0.25) is 0 Å². The van der Waals surface area contributed by atoms with Crippen LogP contribution in [-0.2, 0) is 0 Å². The third-order valence-electron chi connectivity index (χ3n) is 1.23. The Morgan fingerprint density at radius 1 is 1.20 bits per heavy atom. The molecule has 0 saturated carbocycles. The highest BCUT2D eigenvalue weighted by atomic mass is 16.3. The lowest BCUT2D eigenvalue weighted by Gasteiger charge is -2.04. The van der Waals surface area contributed by atoms with Gasteiger partial charge in [-0.05, 0) is 12.1 Å². The fraction of sp³-hybridized carbons (Fsp3) is 0. The molecule has 0 aliphatic carbocycles. The van der Waals surface area contributed by atoms with Crippen LogP contribution >= 0.6 is 0 Å². The first kappa shape index (κ1) is 7.06. The van der Waals surface area contributed by atoms with E-state index < -0.39 is 0 Å². The van der Waals surface area contributed by atoms with Crippen LogP contribution in [0.2, 0.25) is 0 Å². The van der Waals surface area contributed by atoms with Gasteiger partial charge in [0, 0.05) is 5.69 Å². The van der Waals surface area contributed by atoms with Crippen LogP contribution in [0.4, 0.5) is 5.69 Å². The maximum atomic E-state index is 8.90. The summed E-state index contributed by atoms with van der Waals surface area (Å²) in [7, 11) is 10.7. The molecule has 0 spiro atoms. The molecule has 2 nitrogen and oxygen atoms in total. The van der Waals surface area contributed by atoms with Gasteiger partial charge < -0.3 is 10.8 Å². The second-order valence-electron chi connectivity index (χ2n) is 2.04. The van der Waals surface area contributed by atoms with Gasteiger partial charge in [0.1, 0.15) is 21.4 Å². The first-order valence-corrected chi connectivity index (χ1v) is 2.74. The molecule has 1 aromatic rings. The van der Waals surface area contributed by atoms with Crippen LogP contribution in [0.3, 0.4) is 0 Å². The van der Waals surface area contributed by atoms with Gasteiger partial charge >= 0.3 is 0 Å². The van der Waals surface area contributed by atoms with Gasteiger partial charge in [-0.3, -0.25) is 0 Å². The molecule has 1 rings (SSSR count). The molecule has 1 aromatic carbocycles. The smallest absolute Gasteiger partial charge is 0.116 e. The van der Waals surface area contributed by atoms with Crippen LogP contribution in [0.15, 0.2) is 12.1 Å². The number of nitrogens with two attached hydrogens (primary N) is 1. The highest BCUT2D eigenvalue weighted by Crippen LogP contribution is 2.04. The largest absolute Gasteiger partial charge is 0.508 e. The van der Waals surface area contributed by atoms with Gasteiger partial charge in [0.05, 0.1) is 0 Å². The van der Waals surface area contributed by atoms with Crippen LogP contribution in [0, 0.1) is 0 Å². The third-order valence-corrected chi connectivity index (χ3v) is 1.23. The fourth-order valence-corrected chi connectivity index (χ4v) is 0.682. The Labute approximate surface area is 61.9 Å². The van der Waals surface area contributed by atoms with Crippen LogP contribution in [0.5, 0.6) is 5.75 Å². The molecule has 3 N–H and O–H groups in total. The van der Waals surface area contributed by atoms with E-state index in [9.17, 15) is 0 Å². The van der Waals surface area contributed by atoms with Crippen molar-refractivity contribution in [3.05, 3.63) is 12.1 Å². The molecular formula is C6H5B2NO. The Morgan fingerprint density at radius 2 is 1.60 bits per heavy atom. The molecule has 46 valence electrons. The summed E-state index contributed by atoms with van der Waals surface area (Å²) in [6, 6.07) is 2.71. The van der Waals surface area contributed by atoms with Gasteiger partial charge in [0.25, 0.3) is 0 Å². The van der Waals surface area contributed by atoms with Crippen LogP contribution in [0.25, 0.3) is 0 Å². The van der Waals surface area contributed by atoms with Crippen LogP contribution in [-0.4, -0.2) is 20.8 Å². The average Bonchev–Trinajstić information content (AvgIpc) is 1.82. The molecule has 0 aliphatic rings. The maximum absolute atomic E-state index is 8.90. The summed E-state index contributed by atoms with van der Waals surface area (Å²) in [4.78, 5) is 0. The van der Waals surface area contributed by atoms with Crippen molar-refractivity contribution in [1.29, 1.82) is 0 Å². The Hall–Kier alpha value is -1.05. The second-order valence-corrected chi connectivity index (χ2v) is 2.04. The quantitative estimate of drug-likeness (QED) is 0.256. The second kappa shape index (κ2) is 2.29.